The van der Waals surface area contributed by atoms with Gasteiger partial charge in [0.05, 0.1) is 0 Å². The molecule has 1 fully saturated rings. The first kappa shape index (κ1) is 16.7. The van der Waals surface area contributed by atoms with Crippen molar-refractivity contribution in [2.45, 2.75) is 31.3 Å². The molecule has 3 aromatic rings. The van der Waals surface area contributed by atoms with Crippen LogP contribution >= 0.6 is 0 Å². The number of carbonyl (C=O) groups is 2. The quantitative estimate of drug-likeness (QED) is 0.718. The first-order chi connectivity index (χ1) is 13.7. The van der Waals surface area contributed by atoms with Crippen LogP contribution < -0.4 is 5.32 Å². The first-order valence-electron chi connectivity index (χ1n) is 9.50. The Labute approximate surface area is 162 Å². The van der Waals surface area contributed by atoms with E-state index in [1.807, 2.05) is 60.7 Å². The number of rotatable bonds is 5. The summed E-state index contributed by atoms with van der Waals surface area (Å²) in [6.45, 7) is 0.413. The summed E-state index contributed by atoms with van der Waals surface area (Å²) in [7, 11) is 0. The highest BCUT2D eigenvalue weighted by Crippen LogP contribution is 2.39. The highest BCUT2D eigenvalue weighted by Gasteiger charge is 2.37. The molecule has 2 N–H and O–H groups in total. The SMILES string of the molecule is O=C(Nc1cc(C2CC2)[nH]n1)C(c1ccccc1)N1Cc2ccccc2C1=O. The molecular weight excluding hydrogens is 352 g/mol. The third kappa shape index (κ3) is 2.97. The van der Waals surface area contributed by atoms with Crippen molar-refractivity contribution in [1.82, 2.24) is 15.1 Å². The summed E-state index contributed by atoms with van der Waals surface area (Å²) in [5, 5.41) is 10.1. The number of amides is 2. The third-order valence-corrected chi connectivity index (χ3v) is 5.39. The molecule has 1 saturated carbocycles. The molecule has 2 amide bonds. The van der Waals surface area contributed by atoms with Crippen LogP contribution in [0.3, 0.4) is 0 Å². The fourth-order valence-electron chi connectivity index (χ4n) is 3.79. The van der Waals surface area contributed by atoms with Crippen molar-refractivity contribution in [3.8, 4) is 0 Å². The molecule has 1 unspecified atom stereocenters. The molecule has 6 nitrogen and oxygen atoms in total. The van der Waals surface area contributed by atoms with E-state index < -0.39 is 6.04 Å². The number of aromatic nitrogens is 2. The zero-order valence-electron chi connectivity index (χ0n) is 15.3. The number of aromatic amines is 1. The van der Waals surface area contributed by atoms with Crippen LogP contribution in [0.5, 0.6) is 0 Å². The van der Waals surface area contributed by atoms with E-state index in [0.717, 1.165) is 29.7 Å². The molecule has 2 aliphatic rings. The summed E-state index contributed by atoms with van der Waals surface area (Å²) in [5.74, 6) is 0.635. The molecule has 2 heterocycles. The number of anilines is 1. The van der Waals surface area contributed by atoms with Gasteiger partial charge in [0.2, 0.25) is 0 Å². The maximum Gasteiger partial charge on any atom is 0.255 e. The largest absolute Gasteiger partial charge is 0.318 e. The van der Waals surface area contributed by atoms with E-state index in [4.69, 9.17) is 0 Å². The van der Waals surface area contributed by atoms with Crippen molar-refractivity contribution in [2.24, 2.45) is 0 Å². The van der Waals surface area contributed by atoms with E-state index in [1.54, 1.807) is 4.90 Å². The van der Waals surface area contributed by atoms with Gasteiger partial charge in [-0.3, -0.25) is 14.7 Å². The van der Waals surface area contributed by atoms with Crippen molar-refractivity contribution < 1.29 is 9.59 Å². The van der Waals surface area contributed by atoms with E-state index in [-0.39, 0.29) is 11.8 Å². The fourth-order valence-corrected chi connectivity index (χ4v) is 3.79. The Morgan fingerprint density at radius 1 is 1.11 bits per heavy atom. The molecule has 1 aliphatic heterocycles. The molecule has 0 spiro atoms. The van der Waals surface area contributed by atoms with Gasteiger partial charge in [0, 0.05) is 29.8 Å². The Morgan fingerprint density at radius 3 is 2.61 bits per heavy atom. The van der Waals surface area contributed by atoms with Crippen LogP contribution in [0.25, 0.3) is 0 Å². The van der Waals surface area contributed by atoms with Gasteiger partial charge in [-0.1, -0.05) is 48.5 Å². The lowest BCUT2D eigenvalue weighted by molar-refractivity contribution is -0.120. The van der Waals surface area contributed by atoms with Crippen molar-refractivity contribution in [1.29, 1.82) is 0 Å². The molecule has 5 rings (SSSR count). The van der Waals surface area contributed by atoms with E-state index in [2.05, 4.69) is 15.5 Å². The highest BCUT2D eigenvalue weighted by atomic mass is 16.2. The standard InChI is InChI=1S/C22H20N4O2/c27-21(23-19-12-18(24-25-19)14-10-11-14)20(15-6-2-1-3-7-15)26-13-16-8-4-5-9-17(16)22(26)28/h1-9,12,14,20H,10-11,13H2,(H2,23,24,25,27). The monoisotopic (exact) mass is 372 g/mol. The first-order valence-corrected chi connectivity index (χ1v) is 9.50. The lowest BCUT2D eigenvalue weighted by atomic mass is 10.0. The lowest BCUT2D eigenvalue weighted by Crippen LogP contribution is -2.37. The van der Waals surface area contributed by atoms with Gasteiger partial charge in [0.25, 0.3) is 11.8 Å². The highest BCUT2D eigenvalue weighted by molar-refractivity contribution is 6.03. The van der Waals surface area contributed by atoms with E-state index in [1.165, 1.54) is 0 Å². The van der Waals surface area contributed by atoms with Crippen LogP contribution in [0.2, 0.25) is 0 Å². The number of benzene rings is 2. The van der Waals surface area contributed by atoms with E-state index in [9.17, 15) is 9.59 Å². The molecule has 1 aromatic heterocycles. The molecule has 28 heavy (non-hydrogen) atoms. The Hall–Kier alpha value is -3.41. The Bertz CT molecular complexity index is 1040. The van der Waals surface area contributed by atoms with Crippen LogP contribution in [0.1, 0.15) is 52.0 Å². The second kappa shape index (κ2) is 6.64. The second-order valence-corrected chi connectivity index (χ2v) is 7.38. The number of hydrogen-bond donors (Lipinski definition) is 2. The van der Waals surface area contributed by atoms with Gasteiger partial charge >= 0.3 is 0 Å². The molecule has 1 aliphatic carbocycles. The Morgan fingerprint density at radius 2 is 1.86 bits per heavy atom. The number of nitrogens with one attached hydrogen (secondary N) is 2. The van der Waals surface area contributed by atoms with Crippen molar-refractivity contribution in [3.63, 3.8) is 0 Å². The maximum absolute atomic E-state index is 13.2. The smallest absolute Gasteiger partial charge is 0.255 e. The maximum atomic E-state index is 13.2. The Balaban J connectivity index is 1.45. The molecule has 0 bridgehead atoms. The predicted octanol–water partition coefficient (Wildman–Crippen LogP) is 3.62. The topological polar surface area (TPSA) is 78.1 Å². The van der Waals surface area contributed by atoms with Gasteiger partial charge in [-0.05, 0) is 30.0 Å². The minimum atomic E-state index is -0.720. The lowest BCUT2D eigenvalue weighted by Gasteiger charge is -2.27. The minimum absolute atomic E-state index is 0.125. The average molecular weight is 372 g/mol. The van der Waals surface area contributed by atoms with Crippen LogP contribution in [0.4, 0.5) is 5.82 Å². The summed E-state index contributed by atoms with van der Waals surface area (Å²) in [6.07, 6.45) is 2.31. The number of H-pyrrole nitrogens is 1. The summed E-state index contributed by atoms with van der Waals surface area (Å²) in [5.41, 5.74) is 3.43. The number of carbonyl (C=O) groups excluding carboxylic acids is 2. The summed E-state index contributed by atoms with van der Waals surface area (Å²) < 4.78 is 0. The number of nitrogens with zero attached hydrogens (tertiary/aromatic N) is 2. The molecule has 1 atom stereocenters. The number of fused-ring (bicyclic) bond motifs is 1. The average Bonchev–Trinajstić information content (AvgIpc) is 3.39. The van der Waals surface area contributed by atoms with Gasteiger partial charge in [0.1, 0.15) is 6.04 Å². The van der Waals surface area contributed by atoms with Crippen molar-refractivity contribution in [3.05, 3.63) is 83.0 Å². The zero-order chi connectivity index (χ0) is 19.1. The van der Waals surface area contributed by atoms with Gasteiger partial charge in [0.15, 0.2) is 5.82 Å². The predicted molar refractivity (Wildman–Crippen MR) is 105 cm³/mol. The van der Waals surface area contributed by atoms with Crippen LogP contribution in [0, 0.1) is 0 Å². The second-order valence-electron chi connectivity index (χ2n) is 7.38. The Kier molecular flexibility index (Phi) is 3.97. The van der Waals surface area contributed by atoms with E-state index in [0.29, 0.717) is 23.8 Å². The van der Waals surface area contributed by atoms with Crippen LogP contribution in [-0.2, 0) is 11.3 Å². The molecule has 6 heteroatoms. The van der Waals surface area contributed by atoms with Gasteiger partial charge < -0.3 is 10.2 Å². The van der Waals surface area contributed by atoms with Gasteiger partial charge in [-0.15, -0.1) is 0 Å². The molecule has 140 valence electrons. The molecule has 0 saturated heterocycles. The summed E-state index contributed by atoms with van der Waals surface area (Å²) >= 11 is 0. The third-order valence-electron chi connectivity index (χ3n) is 5.39. The zero-order valence-corrected chi connectivity index (χ0v) is 15.3. The molecular formula is C22H20N4O2. The molecule has 2 aromatic carbocycles. The summed E-state index contributed by atoms with van der Waals surface area (Å²) in [6, 6.07) is 18.1. The minimum Gasteiger partial charge on any atom is -0.318 e. The van der Waals surface area contributed by atoms with Crippen LogP contribution in [-0.4, -0.2) is 26.9 Å². The van der Waals surface area contributed by atoms with Crippen molar-refractivity contribution in [2.75, 3.05) is 5.32 Å². The van der Waals surface area contributed by atoms with Crippen LogP contribution in [0.15, 0.2) is 60.7 Å². The molecule has 0 radical (unpaired) electrons. The summed E-state index contributed by atoms with van der Waals surface area (Å²) in [4.78, 5) is 27.9. The van der Waals surface area contributed by atoms with E-state index >= 15 is 0 Å². The normalized spacial score (nSPS) is 16.7. The van der Waals surface area contributed by atoms with Crippen molar-refractivity contribution >= 4 is 17.6 Å². The fraction of sp³-hybridized carbons (Fsp3) is 0.227. The van der Waals surface area contributed by atoms with Gasteiger partial charge in [-0.25, -0.2) is 0 Å². The number of hydrogen-bond acceptors (Lipinski definition) is 3. The van der Waals surface area contributed by atoms with Gasteiger partial charge in [-0.2, -0.15) is 5.10 Å².